The number of nitrogens with zero attached hydrogens (tertiary/aromatic N) is 2. The van der Waals surface area contributed by atoms with E-state index < -0.39 is 0 Å². The van der Waals surface area contributed by atoms with Crippen molar-refractivity contribution in [3.63, 3.8) is 0 Å². The second-order valence-corrected chi connectivity index (χ2v) is 8.06. The van der Waals surface area contributed by atoms with E-state index in [9.17, 15) is 9.59 Å². The number of guanidine groups is 1. The lowest BCUT2D eigenvalue weighted by atomic mass is 9.85. The molecule has 0 radical (unpaired) electrons. The molecule has 0 spiro atoms. The Kier molecular flexibility index (Phi) is 5.20. The number of amides is 2. The van der Waals surface area contributed by atoms with E-state index in [4.69, 9.17) is 5.73 Å². The summed E-state index contributed by atoms with van der Waals surface area (Å²) in [6.45, 7) is 0.625. The van der Waals surface area contributed by atoms with Gasteiger partial charge in [0, 0.05) is 12.2 Å². The van der Waals surface area contributed by atoms with Crippen LogP contribution in [0.1, 0.15) is 24.0 Å². The van der Waals surface area contributed by atoms with Gasteiger partial charge in [-0.15, -0.1) is 24.0 Å². The van der Waals surface area contributed by atoms with Crippen LogP contribution >= 0.6 is 24.0 Å². The predicted octanol–water partition coefficient (Wildman–Crippen LogP) is 2.33. The first-order valence-electron chi connectivity index (χ1n) is 9.84. The van der Waals surface area contributed by atoms with Gasteiger partial charge in [0.2, 0.25) is 11.8 Å². The fourth-order valence-electron chi connectivity index (χ4n) is 5.29. The first-order chi connectivity index (χ1) is 13.1. The highest BCUT2D eigenvalue weighted by Gasteiger charge is 2.58. The Morgan fingerprint density at radius 2 is 1.79 bits per heavy atom. The monoisotopic (exact) mass is 492 g/mol. The summed E-state index contributed by atoms with van der Waals surface area (Å²) in [7, 11) is 0. The number of imide groups is 1. The minimum atomic E-state index is -0.140. The molecule has 2 amide bonds. The Labute approximate surface area is 181 Å². The minimum absolute atomic E-state index is 0. The van der Waals surface area contributed by atoms with E-state index in [-0.39, 0.29) is 59.5 Å². The number of halogens is 1. The number of carbonyl (C=O) groups is 2. The number of aliphatic imine (C=N–C) groups is 1. The SMILES string of the molecule is I.NC(=NCCN1C(=O)C2C3C=CC(C3)C2C1=O)Nc1ccc2c(c1)CCC2. The van der Waals surface area contributed by atoms with Crippen LogP contribution in [-0.4, -0.2) is 35.8 Å². The number of rotatable bonds is 4. The highest BCUT2D eigenvalue weighted by Crippen LogP contribution is 2.52. The number of allylic oxidation sites excluding steroid dienone is 2. The molecular weight excluding hydrogens is 467 g/mol. The van der Waals surface area contributed by atoms with Crippen molar-refractivity contribution in [2.75, 3.05) is 18.4 Å². The molecule has 4 aliphatic rings. The zero-order valence-corrected chi connectivity index (χ0v) is 18.0. The first-order valence-corrected chi connectivity index (χ1v) is 9.84. The molecule has 28 heavy (non-hydrogen) atoms. The van der Waals surface area contributed by atoms with Gasteiger partial charge < -0.3 is 11.1 Å². The summed E-state index contributed by atoms with van der Waals surface area (Å²) < 4.78 is 0. The maximum absolute atomic E-state index is 12.6. The summed E-state index contributed by atoms with van der Waals surface area (Å²) in [5, 5.41) is 3.11. The fourth-order valence-corrected chi connectivity index (χ4v) is 5.29. The third-order valence-corrected chi connectivity index (χ3v) is 6.54. The number of nitrogens with one attached hydrogen (secondary N) is 1. The van der Waals surface area contributed by atoms with Gasteiger partial charge in [-0.1, -0.05) is 18.2 Å². The third-order valence-electron chi connectivity index (χ3n) is 6.54. The number of likely N-dealkylation sites (tertiary alicyclic amines) is 1. The van der Waals surface area contributed by atoms with E-state index in [1.165, 1.54) is 22.4 Å². The van der Waals surface area contributed by atoms with Crippen molar-refractivity contribution in [2.45, 2.75) is 25.7 Å². The van der Waals surface area contributed by atoms with Crippen molar-refractivity contribution < 1.29 is 9.59 Å². The van der Waals surface area contributed by atoms with Crippen molar-refractivity contribution in [2.24, 2.45) is 34.4 Å². The van der Waals surface area contributed by atoms with Crippen LogP contribution in [0, 0.1) is 23.7 Å². The Balaban J connectivity index is 0.00000192. The van der Waals surface area contributed by atoms with Crippen LogP contribution in [0.5, 0.6) is 0 Å². The van der Waals surface area contributed by atoms with Gasteiger partial charge in [0.15, 0.2) is 5.96 Å². The minimum Gasteiger partial charge on any atom is -0.370 e. The molecule has 1 saturated heterocycles. The predicted molar refractivity (Wildman–Crippen MR) is 118 cm³/mol. The van der Waals surface area contributed by atoms with Gasteiger partial charge in [0.25, 0.3) is 0 Å². The summed E-state index contributed by atoms with van der Waals surface area (Å²) >= 11 is 0. The molecule has 4 unspecified atom stereocenters. The Hall–Kier alpha value is -1.90. The molecule has 7 heteroatoms. The highest BCUT2D eigenvalue weighted by molar-refractivity contribution is 14.0. The van der Waals surface area contributed by atoms with E-state index in [1.807, 2.05) is 6.07 Å². The molecule has 4 atom stereocenters. The van der Waals surface area contributed by atoms with E-state index in [2.05, 4.69) is 34.6 Å². The maximum Gasteiger partial charge on any atom is 0.233 e. The molecule has 2 bridgehead atoms. The van der Waals surface area contributed by atoms with Gasteiger partial charge in [-0.2, -0.15) is 0 Å². The van der Waals surface area contributed by atoms with Crippen molar-refractivity contribution >= 4 is 47.4 Å². The lowest BCUT2D eigenvalue weighted by Gasteiger charge is -2.16. The van der Waals surface area contributed by atoms with Crippen LogP contribution in [0.25, 0.3) is 0 Å². The zero-order chi connectivity index (χ0) is 18.5. The lowest BCUT2D eigenvalue weighted by Crippen LogP contribution is -2.35. The van der Waals surface area contributed by atoms with Crippen molar-refractivity contribution in [3.8, 4) is 0 Å². The normalized spacial score (nSPS) is 29.9. The molecule has 0 aromatic heterocycles. The Morgan fingerprint density at radius 1 is 1.11 bits per heavy atom. The lowest BCUT2D eigenvalue weighted by molar-refractivity contribution is -0.140. The highest BCUT2D eigenvalue weighted by atomic mass is 127. The molecule has 3 N–H and O–H groups in total. The summed E-state index contributed by atoms with van der Waals surface area (Å²) in [6.07, 6.45) is 8.64. The van der Waals surface area contributed by atoms with Crippen molar-refractivity contribution in [1.82, 2.24) is 4.90 Å². The number of carbonyl (C=O) groups excluding carboxylic acids is 2. The number of benzene rings is 1. The molecule has 1 aromatic carbocycles. The number of anilines is 1. The van der Waals surface area contributed by atoms with Crippen molar-refractivity contribution in [1.29, 1.82) is 0 Å². The molecule has 1 aliphatic heterocycles. The molecule has 1 saturated carbocycles. The molecule has 2 fully saturated rings. The van der Waals surface area contributed by atoms with E-state index in [0.717, 1.165) is 24.9 Å². The quantitative estimate of drug-likeness (QED) is 0.222. The number of aryl methyl sites for hydroxylation is 2. The molecule has 148 valence electrons. The largest absolute Gasteiger partial charge is 0.370 e. The van der Waals surface area contributed by atoms with Gasteiger partial charge in [-0.25, -0.2) is 0 Å². The second kappa shape index (κ2) is 7.50. The topological polar surface area (TPSA) is 87.8 Å². The Morgan fingerprint density at radius 3 is 2.50 bits per heavy atom. The van der Waals surface area contributed by atoms with Gasteiger partial charge in [0.05, 0.1) is 18.4 Å². The summed E-state index contributed by atoms with van der Waals surface area (Å²) in [5.74, 6) is 0.475. The molecule has 5 rings (SSSR count). The summed E-state index contributed by atoms with van der Waals surface area (Å²) in [4.78, 5) is 31.0. The average Bonchev–Trinajstić information content (AvgIpc) is 3.41. The van der Waals surface area contributed by atoms with Crippen LogP contribution < -0.4 is 11.1 Å². The Bertz CT molecular complexity index is 851. The second-order valence-electron chi connectivity index (χ2n) is 8.06. The van der Waals surface area contributed by atoms with E-state index >= 15 is 0 Å². The molecule has 1 aromatic rings. The molecule has 1 heterocycles. The molecule has 3 aliphatic carbocycles. The van der Waals surface area contributed by atoms with Gasteiger partial charge in [-0.3, -0.25) is 19.5 Å². The van der Waals surface area contributed by atoms with Crippen LogP contribution in [0.2, 0.25) is 0 Å². The standard InChI is InChI=1S/C21H24N4O2.HI/c22-21(24-16-7-6-12-2-1-3-13(12)11-16)23-8-9-25-19(26)17-14-4-5-15(10-14)18(17)20(25)27;/h4-7,11,14-15,17-18H,1-3,8-10H2,(H3,22,23,24);1H. The van der Waals surface area contributed by atoms with Crippen LogP contribution in [0.3, 0.4) is 0 Å². The molecular formula is C21H25IN4O2. The number of fused-ring (bicyclic) bond motifs is 6. The fraction of sp³-hybridized carbons (Fsp3) is 0.476. The third kappa shape index (κ3) is 3.13. The summed E-state index contributed by atoms with van der Waals surface area (Å²) in [6, 6.07) is 6.28. The smallest absolute Gasteiger partial charge is 0.233 e. The van der Waals surface area contributed by atoms with Crippen molar-refractivity contribution in [3.05, 3.63) is 41.5 Å². The van der Waals surface area contributed by atoms with Gasteiger partial charge >= 0.3 is 0 Å². The zero-order valence-electron chi connectivity index (χ0n) is 15.6. The number of hydrogen-bond donors (Lipinski definition) is 2. The summed E-state index contributed by atoms with van der Waals surface area (Å²) in [5.41, 5.74) is 9.71. The van der Waals surface area contributed by atoms with Gasteiger partial charge in [-0.05, 0) is 60.8 Å². The number of hydrogen-bond acceptors (Lipinski definition) is 3. The first kappa shape index (κ1) is 19.4. The average molecular weight is 492 g/mol. The molecule has 6 nitrogen and oxygen atoms in total. The van der Waals surface area contributed by atoms with Crippen LogP contribution in [0.4, 0.5) is 5.69 Å². The van der Waals surface area contributed by atoms with E-state index in [0.29, 0.717) is 19.0 Å². The maximum atomic E-state index is 12.6. The van der Waals surface area contributed by atoms with Crippen LogP contribution in [-0.2, 0) is 22.4 Å². The van der Waals surface area contributed by atoms with Crippen LogP contribution in [0.15, 0.2) is 35.3 Å². The number of nitrogens with two attached hydrogens (primary N) is 1. The van der Waals surface area contributed by atoms with Gasteiger partial charge in [0.1, 0.15) is 0 Å². The van der Waals surface area contributed by atoms with E-state index in [1.54, 1.807) is 0 Å².